The molecule has 1 fully saturated rings. The van der Waals surface area contributed by atoms with E-state index in [1.807, 2.05) is 18.4 Å². The summed E-state index contributed by atoms with van der Waals surface area (Å²) < 4.78 is 5.20. The average Bonchev–Trinajstić information content (AvgIpc) is 2.95. The quantitative estimate of drug-likeness (QED) is 0.854. The number of hydrogen-bond acceptors (Lipinski definition) is 4. The van der Waals surface area contributed by atoms with Crippen molar-refractivity contribution < 1.29 is 19.4 Å². The molecule has 2 unspecified atom stereocenters. The summed E-state index contributed by atoms with van der Waals surface area (Å²) in [6.07, 6.45) is 1.97. The van der Waals surface area contributed by atoms with Gasteiger partial charge < -0.3 is 14.7 Å². The summed E-state index contributed by atoms with van der Waals surface area (Å²) in [7, 11) is 1.63. The van der Waals surface area contributed by atoms with E-state index in [-0.39, 0.29) is 19.1 Å². The van der Waals surface area contributed by atoms with E-state index in [2.05, 4.69) is 0 Å². The van der Waals surface area contributed by atoms with Crippen molar-refractivity contribution in [3.63, 3.8) is 0 Å². The van der Waals surface area contributed by atoms with Crippen molar-refractivity contribution in [3.05, 3.63) is 29.8 Å². The lowest BCUT2D eigenvalue weighted by atomic mass is 10.0. The molecule has 1 aliphatic rings. The molecule has 1 saturated heterocycles. The van der Waals surface area contributed by atoms with Gasteiger partial charge in [-0.2, -0.15) is 0 Å². The summed E-state index contributed by atoms with van der Waals surface area (Å²) >= 11 is 1.60. The predicted molar refractivity (Wildman–Crippen MR) is 76.0 cm³/mol. The van der Waals surface area contributed by atoms with Crippen LogP contribution in [0.1, 0.15) is 10.4 Å². The molecule has 1 aromatic rings. The number of rotatable bonds is 4. The summed E-state index contributed by atoms with van der Waals surface area (Å²) in [5.74, 6) is -1.77. The highest BCUT2D eigenvalue weighted by Crippen LogP contribution is 2.22. The Bertz CT molecular complexity index is 502. The van der Waals surface area contributed by atoms with Gasteiger partial charge in [-0.1, -0.05) is 0 Å². The second-order valence-electron chi connectivity index (χ2n) is 4.69. The van der Waals surface area contributed by atoms with Gasteiger partial charge in [0.25, 0.3) is 5.91 Å². The number of aliphatic carboxylic acids is 1. The number of carbonyl (C=O) groups is 2. The van der Waals surface area contributed by atoms with Crippen LogP contribution in [0.3, 0.4) is 0 Å². The van der Waals surface area contributed by atoms with Gasteiger partial charge in [-0.15, -0.1) is 11.8 Å². The van der Waals surface area contributed by atoms with Crippen LogP contribution in [0, 0.1) is 5.92 Å². The molecule has 108 valence electrons. The highest BCUT2D eigenvalue weighted by Gasteiger charge is 2.38. The Morgan fingerprint density at radius 3 is 2.50 bits per heavy atom. The Morgan fingerprint density at radius 1 is 1.30 bits per heavy atom. The first-order chi connectivity index (χ1) is 9.54. The van der Waals surface area contributed by atoms with Crippen molar-refractivity contribution in [1.82, 2.24) is 4.90 Å². The molecular weight excluding hydrogens is 278 g/mol. The first-order valence-corrected chi connectivity index (χ1v) is 7.49. The van der Waals surface area contributed by atoms with Crippen LogP contribution in [-0.2, 0) is 9.53 Å². The van der Waals surface area contributed by atoms with E-state index >= 15 is 0 Å². The second kappa shape index (κ2) is 6.28. The number of ether oxygens (including phenoxy) is 1. The normalized spacial score (nSPS) is 21.7. The van der Waals surface area contributed by atoms with Gasteiger partial charge in [-0.3, -0.25) is 9.59 Å². The van der Waals surface area contributed by atoms with E-state index in [9.17, 15) is 9.59 Å². The molecule has 2 atom stereocenters. The summed E-state index contributed by atoms with van der Waals surface area (Å²) in [5.41, 5.74) is 0.557. The molecule has 5 nitrogen and oxygen atoms in total. The molecule has 1 aromatic carbocycles. The topological polar surface area (TPSA) is 66.8 Å². The summed E-state index contributed by atoms with van der Waals surface area (Å²) in [5, 5.41) is 9.13. The number of carbonyl (C=O) groups excluding carboxylic acids is 1. The Morgan fingerprint density at radius 2 is 1.95 bits per heavy atom. The summed E-state index contributed by atoms with van der Waals surface area (Å²) in [6.45, 7) is 0.422. The Hall–Kier alpha value is -1.53. The van der Waals surface area contributed by atoms with Crippen LogP contribution in [-0.4, -0.2) is 54.4 Å². The largest absolute Gasteiger partial charge is 0.481 e. The molecule has 6 heteroatoms. The van der Waals surface area contributed by atoms with Gasteiger partial charge in [-0.05, 0) is 30.5 Å². The third kappa shape index (κ3) is 2.96. The smallest absolute Gasteiger partial charge is 0.311 e. The van der Waals surface area contributed by atoms with Crippen molar-refractivity contribution in [2.45, 2.75) is 10.9 Å². The lowest BCUT2D eigenvalue weighted by molar-refractivity contribution is -0.142. The average molecular weight is 295 g/mol. The maximum absolute atomic E-state index is 12.4. The van der Waals surface area contributed by atoms with E-state index in [0.29, 0.717) is 5.56 Å². The van der Waals surface area contributed by atoms with E-state index in [1.54, 1.807) is 30.9 Å². The minimum Gasteiger partial charge on any atom is -0.481 e. The van der Waals surface area contributed by atoms with E-state index in [0.717, 1.165) is 4.90 Å². The number of hydrogen-bond donors (Lipinski definition) is 1. The van der Waals surface area contributed by atoms with Gasteiger partial charge in [0.15, 0.2) is 0 Å². The van der Waals surface area contributed by atoms with Crippen LogP contribution in [0.25, 0.3) is 0 Å². The molecular formula is C14H17NO4S. The third-order valence-electron chi connectivity index (χ3n) is 3.52. The highest BCUT2D eigenvalue weighted by molar-refractivity contribution is 7.98. The molecule has 2 rings (SSSR count). The first-order valence-electron chi connectivity index (χ1n) is 6.26. The molecule has 1 amide bonds. The fourth-order valence-electron chi connectivity index (χ4n) is 2.25. The van der Waals surface area contributed by atoms with Crippen LogP contribution in [0.15, 0.2) is 29.2 Å². The van der Waals surface area contributed by atoms with Gasteiger partial charge in [0.2, 0.25) is 0 Å². The Labute approximate surface area is 121 Å². The summed E-state index contributed by atoms with van der Waals surface area (Å²) in [6, 6.07) is 6.86. The fraction of sp³-hybridized carbons (Fsp3) is 0.429. The molecule has 20 heavy (non-hydrogen) atoms. The van der Waals surface area contributed by atoms with Gasteiger partial charge in [0.1, 0.15) is 5.92 Å². The molecule has 1 heterocycles. The summed E-state index contributed by atoms with van der Waals surface area (Å²) in [4.78, 5) is 26.1. The number of thioether (sulfide) groups is 1. The van der Waals surface area contributed by atoms with Crippen molar-refractivity contribution in [3.8, 4) is 0 Å². The Balaban J connectivity index is 2.13. The van der Waals surface area contributed by atoms with Gasteiger partial charge >= 0.3 is 5.97 Å². The SMILES string of the molecule is CSc1ccc(C(=O)N(C)C2COCC2C(=O)O)cc1. The molecule has 0 radical (unpaired) electrons. The number of carboxylic acids is 1. The number of benzene rings is 1. The van der Waals surface area contributed by atoms with E-state index < -0.39 is 17.9 Å². The van der Waals surface area contributed by atoms with Crippen LogP contribution < -0.4 is 0 Å². The van der Waals surface area contributed by atoms with Crippen LogP contribution >= 0.6 is 11.8 Å². The predicted octanol–water partition coefficient (Wildman–Crippen LogP) is 1.58. The minimum absolute atomic E-state index is 0.156. The van der Waals surface area contributed by atoms with E-state index in [4.69, 9.17) is 9.84 Å². The van der Waals surface area contributed by atoms with Gasteiger partial charge in [0.05, 0.1) is 19.3 Å². The lowest BCUT2D eigenvalue weighted by Crippen LogP contribution is -2.44. The standard InChI is InChI=1S/C14H17NO4S/c1-15(12-8-19-7-11(12)14(17)18)13(16)9-3-5-10(20-2)6-4-9/h3-6,11-12H,7-8H2,1-2H3,(H,17,18). The van der Waals surface area contributed by atoms with Crippen molar-refractivity contribution in [2.24, 2.45) is 5.92 Å². The lowest BCUT2D eigenvalue weighted by Gasteiger charge is -2.26. The molecule has 0 aliphatic carbocycles. The van der Waals surface area contributed by atoms with Gasteiger partial charge in [0, 0.05) is 17.5 Å². The molecule has 0 saturated carbocycles. The number of likely N-dealkylation sites (N-methyl/N-ethyl adjacent to an activating group) is 1. The number of amides is 1. The molecule has 0 spiro atoms. The molecule has 0 aromatic heterocycles. The van der Waals surface area contributed by atoms with Crippen LogP contribution in [0.2, 0.25) is 0 Å². The maximum atomic E-state index is 12.4. The van der Waals surface area contributed by atoms with Crippen molar-refractivity contribution >= 4 is 23.6 Å². The Kier molecular flexibility index (Phi) is 4.67. The molecule has 0 bridgehead atoms. The van der Waals surface area contributed by atoms with Crippen LogP contribution in [0.4, 0.5) is 0 Å². The minimum atomic E-state index is -0.926. The third-order valence-corrected chi connectivity index (χ3v) is 4.27. The van der Waals surface area contributed by atoms with E-state index in [1.165, 1.54) is 4.90 Å². The number of carboxylic acid groups (broad SMARTS) is 1. The zero-order valence-electron chi connectivity index (χ0n) is 11.4. The highest BCUT2D eigenvalue weighted by atomic mass is 32.2. The zero-order valence-corrected chi connectivity index (χ0v) is 12.2. The first kappa shape index (κ1) is 14.9. The zero-order chi connectivity index (χ0) is 14.7. The second-order valence-corrected chi connectivity index (χ2v) is 5.57. The van der Waals surface area contributed by atoms with Crippen molar-refractivity contribution in [1.29, 1.82) is 0 Å². The molecule has 1 aliphatic heterocycles. The molecule has 1 N–H and O–H groups in total. The van der Waals surface area contributed by atoms with Gasteiger partial charge in [-0.25, -0.2) is 0 Å². The fourth-order valence-corrected chi connectivity index (χ4v) is 2.66. The monoisotopic (exact) mass is 295 g/mol. The van der Waals surface area contributed by atoms with Crippen molar-refractivity contribution in [2.75, 3.05) is 26.5 Å². The number of nitrogens with zero attached hydrogens (tertiary/aromatic N) is 1. The van der Waals surface area contributed by atoms with Crippen LogP contribution in [0.5, 0.6) is 0 Å². The maximum Gasteiger partial charge on any atom is 0.311 e.